The van der Waals surface area contributed by atoms with Gasteiger partial charge in [-0.1, -0.05) is 54.1 Å². The fourth-order valence-electron chi connectivity index (χ4n) is 2.79. The minimum absolute atomic E-state index is 0.172. The van der Waals surface area contributed by atoms with Gasteiger partial charge in [-0.2, -0.15) is 0 Å². The summed E-state index contributed by atoms with van der Waals surface area (Å²) < 4.78 is 5.55. The summed E-state index contributed by atoms with van der Waals surface area (Å²) in [7, 11) is 0. The molecule has 0 aliphatic rings. The van der Waals surface area contributed by atoms with Crippen molar-refractivity contribution >= 4 is 29.3 Å². The van der Waals surface area contributed by atoms with Crippen molar-refractivity contribution in [2.45, 2.75) is 13.0 Å². The Morgan fingerprint density at radius 3 is 2.20 bits per heavy atom. The van der Waals surface area contributed by atoms with Gasteiger partial charge in [-0.25, -0.2) is 9.59 Å². The lowest BCUT2D eigenvalue weighted by atomic mass is 10.1. The molecule has 0 aliphatic carbocycles. The van der Waals surface area contributed by atoms with E-state index in [0.717, 1.165) is 5.56 Å². The lowest BCUT2D eigenvalue weighted by molar-refractivity contribution is -0.125. The van der Waals surface area contributed by atoms with E-state index in [-0.39, 0.29) is 5.56 Å². The summed E-state index contributed by atoms with van der Waals surface area (Å²) in [5.74, 6) is -1.19. The van der Waals surface area contributed by atoms with Crippen LogP contribution in [-0.2, 0) is 9.53 Å². The van der Waals surface area contributed by atoms with Crippen molar-refractivity contribution in [3.05, 3.63) is 95.6 Å². The largest absolute Gasteiger partial charge is 0.444 e. The van der Waals surface area contributed by atoms with Crippen molar-refractivity contribution < 1.29 is 19.1 Å². The number of nitrogens with two attached hydrogens (primary N) is 1. The van der Waals surface area contributed by atoms with Gasteiger partial charge < -0.3 is 21.1 Å². The zero-order valence-electron chi connectivity index (χ0n) is 16.3. The molecule has 30 heavy (non-hydrogen) atoms. The highest BCUT2D eigenvalue weighted by Crippen LogP contribution is 2.23. The van der Waals surface area contributed by atoms with Gasteiger partial charge in [-0.3, -0.25) is 4.79 Å². The van der Waals surface area contributed by atoms with Gasteiger partial charge >= 0.3 is 12.0 Å². The van der Waals surface area contributed by atoms with Crippen LogP contribution in [0.3, 0.4) is 0 Å². The van der Waals surface area contributed by atoms with E-state index in [1.54, 1.807) is 54.6 Å². The highest BCUT2D eigenvalue weighted by molar-refractivity contribution is 5.99. The van der Waals surface area contributed by atoms with Gasteiger partial charge in [0.15, 0.2) is 0 Å². The van der Waals surface area contributed by atoms with Gasteiger partial charge in [0.05, 0.1) is 5.56 Å². The van der Waals surface area contributed by atoms with Gasteiger partial charge in [-0.05, 0) is 37.3 Å². The first-order valence-corrected chi connectivity index (χ1v) is 9.22. The third kappa shape index (κ3) is 5.45. The predicted molar refractivity (Wildman–Crippen MR) is 114 cm³/mol. The van der Waals surface area contributed by atoms with Crippen molar-refractivity contribution in [1.82, 2.24) is 0 Å². The monoisotopic (exact) mass is 403 g/mol. The van der Waals surface area contributed by atoms with E-state index in [4.69, 9.17) is 10.5 Å². The third-order valence-corrected chi connectivity index (χ3v) is 4.25. The van der Waals surface area contributed by atoms with E-state index >= 15 is 0 Å². The van der Waals surface area contributed by atoms with Gasteiger partial charge in [0.25, 0.3) is 5.91 Å². The summed E-state index contributed by atoms with van der Waals surface area (Å²) in [5.41, 5.74) is 7.81. The second-order valence-corrected chi connectivity index (χ2v) is 6.62. The smallest absolute Gasteiger partial charge is 0.339 e. The zero-order chi connectivity index (χ0) is 21.5. The number of amides is 3. The Hall–Kier alpha value is -4.13. The molecule has 0 bridgehead atoms. The van der Waals surface area contributed by atoms with Crippen LogP contribution in [0.1, 0.15) is 27.6 Å². The number of carbonyl (C=O) groups excluding carboxylic acids is 3. The lowest BCUT2D eigenvalue weighted by Gasteiger charge is -2.18. The molecule has 0 aliphatic heterocycles. The van der Waals surface area contributed by atoms with Crippen LogP contribution in [0.15, 0.2) is 78.9 Å². The number of esters is 1. The van der Waals surface area contributed by atoms with Crippen LogP contribution in [0.5, 0.6) is 0 Å². The van der Waals surface area contributed by atoms with E-state index in [0.29, 0.717) is 16.9 Å². The van der Waals surface area contributed by atoms with Crippen LogP contribution in [0.25, 0.3) is 0 Å². The van der Waals surface area contributed by atoms with Crippen molar-refractivity contribution in [3.8, 4) is 0 Å². The van der Waals surface area contributed by atoms with E-state index in [1.807, 2.05) is 19.1 Å². The Balaban J connectivity index is 1.82. The highest BCUT2D eigenvalue weighted by atomic mass is 16.5. The maximum Gasteiger partial charge on any atom is 0.339 e. The molecule has 3 aromatic carbocycles. The molecule has 0 saturated heterocycles. The van der Waals surface area contributed by atoms with Crippen LogP contribution >= 0.6 is 0 Å². The van der Waals surface area contributed by atoms with Crippen LogP contribution < -0.4 is 16.4 Å². The number of anilines is 2. The first kappa shape index (κ1) is 20.6. The summed E-state index contributed by atoms with van der Waals surface area (Å²) in [5, 5.41) is 5.17. The number of carbonyl (C=O) groups is 3. The summed E-state index contributed by atoms with van der Waals surface area (Å²) in [6.07, 6.45) is -1.16. The number of urea groups is 1. The summed E-state index contributed by atoms with van der Waals surface area (Å²) in [6, 6.07) is 21.4. The maximum atomic E-state index is 12.9. The lowest BCUT2D eigenvalue weighted by Crippen LogP contribution is -2.26. The fourth-order valence-corrected chi connectivity index (χ4v) is 2.79. The number of hydrogen-bond donors (Lipinski definition) is 3. The molecule has 0 unspecified atom stereocenters. The number of rotatable bonds is 6. The molecule has 0 saturated carbocycles. The normalized spacial score (nSPS) is 11.2. The van der Waals surface area contributed by atoms with Crippen LogP contribution in [-0.4, -0.2) is 17.9 Å². The molecule has 0 aromatic heterocycles. The van der Waals surface area contributed by atoms with Crippen molar-refractivity contribution in [3.63, 3.8) is 0 Å². The topological polar surface area (TPSA) is 111 Å². The Morgan fingerprint density at radius 2 is 1.53 bits per heavy atom. The minimum Gasteiger partial charge on any atom is -0.444 e. The molecule has 0 heterocycles. The number of hydrogen-bond acceptors (Lipinski definition) is 4. The number of benzene rings is 3. The molecule has 3 amide bonds. The Labute approximate surface area is 173 Å². The molecule has 7 heteroatoms. The van der Waals surface area contributed by atoms with E-state index in [1.165, 1.54) is 12.1 Å². The Kier molecular flexibility index (Phi) is 6.44. The standard InChI is InChI=1S/C23H21N3O4/c1-15-10-12-18(13-11-15)25-21(27)20(16-6-3-2-4-7-16)30-22(28)17-8-5-9-19(14-17)26-23(24)29/h2-14,20H,1H3,(H,25,27)(H3,24,26,29)/t20-/m0/s1. The van der Waals surface area contributed by atoms with Crippen molar-refractivity contribution in [2.24, 2.45) is 5.73 Å². The van der Waals surface area contributed by atoms with E-state index < -0.39 is 24.0 Å². The van der Waals surface area contributed by atoms with E-state index in [2.05, 4.69) is 10.6 Å². The average molecular weight is 403 g/mol. The molecule has 0 radical (unpaired) electrons. The van der Waals surface area contributed by atoms with Gasteiger partial charge in [0.2, 0.25) is 6.10 Å². The van der Waals surface area contributed by atoms with Gasteiger partial charge in [0, 0.05) is 16.9 Å². The van der Waals surface area contributed by atoms with Gasteiger partial charge in [-0.15, -0.1) is 0 Å². The zero-order valence-corrected chi connectivity index (χ0v) is 16.3. The van der Waals surface area contributed by atoms with Crippen molar-refractivity contribution in [1.29, 1.82) is 0 Å². The summed E-state index contributed by atoms with van der Waals surface area (Å²) >= 11 is 0. The predicted octanol–water partition coefficient (Wildman–Crippen LogP) is 4.02. The van der Waals surface area contributed by atoms with Crippen LogP contribution in [0.2, 0.25) is 0 Å². The molecular formula is C23H21N3O4. The number of nitrogens with one attached hydrogen (secondary N) is 2. The highest BCUT2D eigenvalue weighted by Gasteiger charge is 2.26. The number of primary amides is 1. The van der Waals surface area contributed by atoms with E-state index in [9.17, 15) is 14.4 Å². The molecule has 4 N–H and O–H groups in total. The molecule has 3 aromatic rings. The third-order valence-electron chi connectivity index (χ3n) is 4.25. The fraction of sp³-hybridized carbons (Fsp3) is 0.0870. The van der Waals surface area contributed by atoms with Crippen LogP contribution in [0, 0.1) is 6.92 Å². The van der Waals surface area contributed by atoms with Crippen LogP contribution in [0.4, 0.5) is 16.2 Å². The molecule has 1 atom stereocenters. The average Bonchev–Trinajstić information content (AvgIpc) is 2.73. The Bertz CT molecular complexity index is 1050. The molecule has 0 spiro atoms. The Morgan fingerprint density at radius 1 is 0.833 bits per heavy atom. The first-order chi connectivity index (χ1) is 14.4. The summed E-state index contributed by atoms with van der Waals surface area (Å²) in [4.78, 5) is 36.7. The second-order valence-electron chi connectivity index (χ2n) is 6.62. The molecule has 3 rings (SSSR count). The van der Waals surface area contributed by atoms with Crippen molar-refractivity contribution in [2.75, 3.05) is 10.6 Å². The van der Waals surface area contributed by atoms with Gasteiger partial charge in [0.1, 0.15) is 0 Å². The molecule has 0 fully saturated rings. The molecule has 152 valence electrons. The minimum atomic E-state index is -1.16. The molecule has 7 nitrogen and oxygen atoms in total. The first-order valence-electron chi connectivity index (χ1n) is 9.22. The second kappa shape index (κ2) is 9.38. The SMILES string of the molecule is Cc1ccc(NC(=O)[C@@H](OC(=O)c2cccc(NC(N)=O)c2)c2ccccc2)cc1. The molecular weight excluding hydrogens is 382 g/mol. The summed E-state index contributed by atoms with van der Waals surface area (Å²) in [6.45, 7) is 1.95. The number of ether oxygens (including phenoxy) is 1. The maximum absolute atomic E-state index is 12.9. The quantitative estimate of drug-likeness (QED) is 0.540. The number of aryl methyl sites for hydroxylation is 1.